The molecule has 1 aromatic carbocycles. The van der Waals surface area contributed by atoms with E-state index in [-0.39, 0.29) is 29.8 Å². The maximum absolute atomic E-state index is 12.4. The van der Waals surface area contributed by atoms with Crippen LogP contribution in [0.25, 0.3) is 0 Å². The van der Waals surface area contributed by atoms with Gasteiger partial charge in [-0.3, -0.25) is 4.79 Å². The molecule has 1 aromatic rings. The standard InChI is InChI=1S/C16H20INO2/c1-2-13(19)15-12(9-3-5-10(17)6-4-9)7-11-8-14(20)16(15)18-11/h3-6,11-12,14-16,18,20H,2,7-8H2,1H3/t11?,12-,14?,15+,16-/m0/s1. The van der Waals surface area contributed by atoms with Crippen LogP contribution in [0.15, 0.2) is 24.3 Å². The Kier molecular flexibility index (Phi) is 4.15. The highest BCUT2D eigenvalue weighted by Gasteiger charge is 2.49. The summed E-state index contributed by atoms with van der Waals surface area (Å²) in [5.41, 5.74) is 1.24. The van der Waals surface area contributed by atoms with Crippen LogP contribution in [0.5, 0.6) is 0 Å². The van der Waals surface area contributed by atoms with Gasteiger partial charge < -0.3 is 10.4 Å². The van der Waals surface area contributed by atoms with Crippen LogP contribution in [0.1, 0.15) is 37.7 Å². The first-order valence-electron chi connectivity index (χ1n) is 7.32. The van der Waals surface area contributed by atoms with Crippen molar-refractivity contribution >= 4 is 28.4 Å². The van der Waals surface area contributed by atoms with Crippen molar-refractivity contribution in [1.29, 1.82) is 0 Å². The van der Waals surface area contributed by atoms with E-state index < -0.39 is 0 Å². The van der Waals surface area contributed by atoms with E-state index in [0.717, 1.165) is 12.8 Å². The average molecular weight is 385 g/mol. The molecular weight excluding hydrogens is 365 g/mol. The highest BCUT2D eigenvalue weighted by Crippen LogP contribution is 2.42. The Morgan fingerprint density at radius 3 is 2.70 bits per heavy atom. The van der Waals surface area contributed by atoms with Crippen LogP contribution >= 0.6 is 22.6 Å². The van der Waals surface area contributed by atoms with Gasteiger partial charge in [0.2, 0.25) is 0 Å². The monoisotopic (exact) mass is 385 g/mol. The number of Topliss-reactive ketones (excluding diaryl/α,β-unsaturated/α-hetero) is 1. The molecule has 2 aliphatic rings. The van der Waals surface area contributed by atoms with Gasteiger partial charge in [-0.15, -0.1) is 0 Å². The van der Waals surface area contributed by atoms with Crippen molar-refractivity contribution in [3.63, 3.8) is 0 Å². The van der Waals surface area contributed by atoms with E-state index in [1.165, 1.54) is 9.13 Å². The van der Waals surface area contributed by atoms with Crippen molar-refractivity contribution < 1.29 is 9.90 Å². The summed E-state index contributed by atoms with van der Waals surface area (Å²) < 4.78 is 1.21. The zero-order valence-corrected chi connectivity index (χ0v) is 13.7. The van der Waals surface area contributed by atoms with Crippen LogP contribution < -0.4 is 5.32 Å². The maximum Gasteiger partial charge on any atom is 0.137 e. The minimum absolute atomic E-state index is 0.0644. The molecule has 3 rings (SSSR count). The molecule has 0 spiro atoms. The quantitative estimate of drug-likeness (QED) is 0.787. The molecule has 0 saturated carbocycles. The first-order valence-corrected chi connectivity index (χ1v) is 8.40. The second kappa shape index (κ2) is 5.73. The summed E-state index contributed by atoms with van der Waals surface area (Å²) in [7, 11) is 0. The molecule has 3 nitrogen and oxygen atoms in total. The number of aliphatic hydroxyl groups excluding tert-OH is 1. The van der Waals surface area contributed by atoms with Gasteiger partial charge in [0, 0.05) is 28.0 Å². The van der Waals surface area contributed by atoms with Gasteiger partial charge in [-0.1, -0.05) is 19.1 Å². The van der Waals surface area contributed by atoms with Crippen molar-refractivity contribution in [2.24, 2.45) is 5.92 Å². The minimum atomic E-state index is -0.380. The smallest absolute Gasteiger partial charge is 0.137 e. The Hall–Kier alpha value is -0.460. The van der Waals surface area contributed by atoms with Gasteiger partial charge in [-0.2, -0.15) is 0 Å². The first kappa shape index (κ1) is 14.5. The first-order chi connectivity index (χ1) is 9.60. The lowest BCUT2D eigenvalue weighted by Crippen LogP contribution is -2.50. The largest absolute Gasteiger partial charge is 0.391 e. The zero-order valence-electron chi connectivity index (χ0n) is 11.6. The molecule has 2 fully saturated rings. The van der Waals surface area contributed by atoms with E-state index in [4.69, 9.17) is 0 Å². The molecule has 0 amide bonds. The van der Waals surface area contributed by atoms with E-state index in [1.54, 1.807) is 0 Å². The highest BCUT2D eigenvalue weighted by atomic mass is 127. The fourth-order valence-corrected chi connectivity index (χ4v) is 4.17. The van der Waals surface area contributed by atoms with Crippen LogP contribution in [0.2, 0.25) is 0 Å². The minimum Gasteiger partial charge on any atom is -0.391 e. The molecule has 4 heteroatoms. The van der Waals surface area contributed by atoms with Crippen LogP contribution in [0, 0.1) is 9.49 Å². The zero-order chi connectivity index (χ0) is 14.3. The topological polar surface area (TPSA) is 49.3 Å². The number of hydrogen-bond donors (Lipinski definition) is 2. The Morgan fingerprint density at radius 1 is 1.35 bits per heavy atom. The van der Waals surface area contributed by atoms with Crippen LogP contribution in [0.4, 0.5) is 0 Å². The summed E-state index contributed by atoms with van der Waals surface area (Å²) in [5, 5.41) is 13.7. The van der Waals surface area contributed by atoms with E-state index >= 15 is 0 Å². The van der Waals surface area contributed by atoms with Gasteiger partial charge >= 0.3 is 0 Å². The Morgan fingerprint density at radius 2 is 2.05 bits per heavy atom. The third-order valence-electron chi connectivity index (χ3n) is 4.75. The normalized spacial score (nSPS) is 36.0. The fraction of sp³-hybridized carbons (Fsp3) is 0.562. The predicted octanol–water partition coefficient (Wildman–Crippen LogP) is 2.47. The summed E-state index contributed by atoms with van der Waals surface area (Å²) >= 11 is 2.30. The number of benzene rings is 1. The lowest BCUT2D eigenvalue weighted by Gasteiger charge is -2.37. The van der Waals surface area contributed by atoms with Gasteiger partial charge in [-0.05, 0) is 59.0 Å². The van der Waals surface area contributed by atoms with Crippen LogP contribution in [-0.2, 0) is 4.79 Å². The summed E-state index contributed by atoms with van der Waals surface area (Å²) in [6.45, 7) is 1.92. The Bertz CT molecular complexity index is 502. The van der Waals surface area contributed by atoms with Gasteiger partial charge in [0.05, 0.1) is 6.10 Å². The molecule has 20 heavy (non-hydrogen) atoms. The number of rotatable bonds is 3. The molecule has 108 valence electrons. The molecule has 2 aliphatic heterocycles. The number of aliphatic hydroxyl groups is 1. The molecule has 2 bridgehead atoms. The third-order valence-corrected chi connectivity index (χ3v) is 5.47. The average Bonchev–Trinajstić information content (AvgIpc) is 2.74. The van der Waals surface area contributed by atoms with Gasteiger partial charge in [0.15, 0.2) is 0 Å². The van der Waals surface area contributed by atoms with Crippen LogP contribution in [0.3, 0.4) is 0 Å². The van der Waals surface area contributed by atoms with Crippen molar-refractivity contribution in [2.45, 2.75) is 50.3 Å². The van der Waals surface area contributed by atoms with E-state index in [0.29, 0.717) is 12.5 Å². The summed E-state index contributed by atoms with van der Waals surface area (Å²) in [5.74, 6) is 0.423. The molecule has 0 aromatic heterocycles. The molecule has 2 heterocycles. The molecule has 2 unspecified atom stereocenters. The lowest BCUT2D eigenvalue weighted by atomic mass is 9.74. The van der Waals surface area contributed by atoms with E-state index in [9.17, 15) is 9.90 Å². The molecule has 2 N–H and O–H groups in total. The number of carbonyl (C=O) groups excluding carboxylic acids is 1. The molecule has 5 atom stereocenters. The van der Waals surface area contributed by atoms with Crippen molar-refractivity contribution in [2.75, 3.05) is 0 Å². The summed E-state index contributed by atoms with van der Waals surface area (Å²) in [6, 6.07) is 8.76. The third kappa shape index (κ3) is 2.53. The molecular formula is C16H20INO2. The van der Waals surface area contributed by atoms with Gasteiger partial charge in [0.1, 0.15) is 5.78 Å². The van der Waals surface area contributed by atoms with Crippen molar-refractivity contribution in [1.82, 2.24) is 5.32 Å². The highest BCUT2D eigenvalue weighted by molar-refractivity contribution is 14.1. The van der Waals surface area contributed by atoms with E-state index in [2.05, 4.69) is 52.2 Å². The van der Waals surface area contributed by atoms with Gasteiger partial charge in [-0.25, -0.2) is 0 Å². The summed E-state index contributed by atoms with van der Waals surface area (Å²) in [6.07, 6.45) is 1.89. The fourth-order valence-electron chi connectivity index (χ4n) is 3.81. The number of fused-ring (bicyclic) bond motifs is 2. The molecule has 0 aliphatic carbocycles. The number of halogens is 1. The Labute approximate surface area is 133 Å². The maximum atomic E-state index is 12.4. The molecule has 0 radical (unpaired) electrons. The summed E-state index contributed by atoms with van der Waals surface area (Å²) in [4.78, 5) is 12.4. The van der Waals surface area contributed by atoms with Crippen molar-refractivity contribution in [3.05, 3.63) is 33.4 Å². The van der Waals surface area contributed by atoms with Gasteiger partial charge in [0.25, 0.3) is 0 Å². The number of carbonyl (C=O) groups is 1. The molecule has 2 saturated heterocycles. The van der Waals surface area contributed by atoms with Crippen molar-refractivity contribution in [3.8, 4) is 0 Å². The van der Waals surface area contributed by atoms with Crippen LogP contribution in [-0.4, -0.2) is 29.1 Å². The Balaban J connectivity index is 1.95. The second-order valence-electron chi connectivity index (χ2n) is 5.93. The lowest BCUT2D eigenvalue weighted by molar-refractivity contribution is -0.125. The number of ketones is 1. The number of hydrogen-bond acceptors (Lipinski definition) is 3. The number of nitrogens with one attached hydrogen (secondary N) is 1. The second-order valence-corrected chi connectivity index (χ2v) is 7.18. The SMILES string of the molecule is CCC(=O)[C@H]1[C@H](c2ccc(I)cc2)CC2CC(O)[C@@H]1N2. The number of piperidine rings is 1. The van der Waals surface area contributed by atoms with E-state index in [1.807, 2.05) is 6.92 Å². The predicted molar refractivity (Wildman–Crippen MR) is 86.6 cm³/mol.